The highest BCUT2D eigenvalue weighted by Gasteiger charge is 2.23. The fourth-order valence-corrected chi connectivity index (χ4v) is 2.71. The molecule has 0 saturated carbocycles. The number of aliphatic hydroxyl groups is 1. The van der Waals surface area contributed by atoms with Gasteiger partial charge in [-0.3, -0.25) is 0 Å². The molecule has 0 fully saturated rings. The largest absolute Gasteiger partial charge is 0.478 e. The van der Waals surface area contributed by atoms with E-state index in [-0.39, 0.29) is 5.56 Å². The molecule has 2 aromatic carbocycles. The van der Waals surface area contributed by atoms with Crippen LogP contribution in [0.2, 0.25) is 0 Å². The molecule has 110 valence electrons. The minimum Gasteiger partial charge on any atom is -0.478 e. The Morgan fingerprint density at radius 3 is 2.29 bits per heavy atom. The first kappa shape index (κ1) is 16.1. The van der Waals surface area contributed by atoms with Crippen molar-refractivity contribution in [2.75, 3.05) is 0 Å². The summed E-state index contributed by atoms with van der Waals surface area (Å²) in [5.74, 6) is -3.95. The number of hydrogen-bond acceptors (Lipinski definition) is 2. The number of carboxylic acids is 1. The monoisotopic (exact) mass is 420 g/mol. The first-order chi connectivity index (χ1) is 9.81. The van der Waals surface area contributed by atoms with Crippen LogP contribution >= 0.6 is 31.9 Å². The number of aliphatic hydroxyl groups excluding tert-OH is 1. The molecule has 0 aromatic heterocycles. The fourth-order valence-electron chi connectivity index (χ4n) is 1.87. The number of carboxylic acid groups (broad SMARTS) is 1. The summed E-state index contributed by atoms with van der Waals surface area (Å²) in [6.07, 6.45) is -1.42. The highest BCUT2D eigenvalue weighted by atomic mass is 79.9. The van der Waals surface area contributed by atoms with E-state index in [0.717, 1.165) is 0 Å². The standard InChI is InChI=1S/C14H8Br2F2O3/c15-6-1-2-10(16)9(3-6)13(19)7-4-11(17)12(18)5-8(7)14(20)21/h1-5,13,19H,(H,20,21). The van der Waals surface area contributed by atoms with Crippen LogP contribution in [0, 0.1) is 11.6 Å². The predicted molar refractivity (Wildman–Crippen MR) is 79.2 cm³/mol. The Kier molecular flexibility index (Phi) is 4.75. The van der Waals surface area contributed by atoms with E-state index >= 15 is 0 Å². The number of halogens is 4. The number of hydrogen-bond donors (Lipinski definition) is 2. The Bertz CT molecular complexity index is 720. The van der Waals surface area contributed by atoms with Gasteiger partial charge in [0, 0.05) is 20.1 Å². The van der Waals surface area contributed by atoms with Crippen molar-refractivity contribution in [3.05, 3.63) is 67.6 Å². The van der Waals surface area contributed by atoms with Crippen LogP contribution in [-0.4, -0.2) is 16.2 Å². The third kappa shape index (κ3) is 3.30. The van der Waals surface area contributed by atoms with Crippen LogP contribution in [0.15, 0.2) is 39.3 Å². The average Bonchev–Trinajstić information content (AvgIpc) is 2.43. The molecule has 21 heavy (non-hydrogen) atoms. The van der Waals surface area contributed by atoms with Crippen LogP contribution in [0.25, 0.3) is 0 Å². The molecule has 3 nitrogen and oxygen atoms in total. The minimum atomic E-state index is -1.45. The number of aromatic carboxylic acids is 1. The molecule has 0 heterocycles. The quantitative estimate of drug-likeness (QED) is 0.778. The van der Waals surface area contributed by atoms with E-state index in [0.29, 0.717) is 26.6 Å². The molecule has 2 aromatic rings. The molecule has 0 amide bonds. The van der Waals surface area contributed by atoms with Gasteiger partial charge in [0.2, 0.25) is 0 Å². The van der Waals surface area contributed by atoms with Crippen molar-refractivity contribution in [2.24, 2.45) is 0 Å². The number of benzene rings is 2. The van der Waals surface area contributed by atoms with Crippen LogP contribution in [-0.2, 0) is 0 Å². The Morgan fingerprint density at radius 2 is 1.67 bits per heavy atom. The molecule has 2 rings (SSSR count). The Labute approximate surface area is 135 Å². The lowest BCUT2D eigenvalue weighted by Gasteiger charge is -2.16. The Morgan fingerprint density at radius 1 is 1.05 bits per heavy atom. The molecular formula is C14H8Br2F2O3. The topological polar surface area (TPSA) is 57.5 Å². The Hall–Kier alpha value is -1.31. The summed E-state index contributed by atoms with van der Waals surface area (Å²) in [6.45, 7) is 0. The summed E-state index contributed by atoms with van der Waals surface area (Å²) in [6, 6.07) is 6.16. The third-order valence-corrected chi connectivity index (χ3v) is 4.09. The summed E-state index contributed by atoms with van der Waals surface area (Å²) >= 11 is 6.46. The summed E-state index contributed by atoms with van der Waals surface area (Å²) in [5.41, 5.74) is -0.383. The van der Waals surface area contributed by atoms with Crippen molar-refractivity contribution in [3.63, 3.8) is 0 Å². The van der Waals surface area contributed by atoms with Gasteiger partial charge in [0.05, 0.1) is 5.56 Å². The fraction of sp³-hybridized carbons (Fsp3) is 0.0714. The van der Waals surface area contributed by atoms with Crippen molar-refractivity contribution in [1.82, 2.24) is 0 Å². The van der Waals surface area contributed by atoms with Crippen molar-refractivity contribution in [1.29, 1.82) is 0 Å². The zero-order valence-corrected chi connectivity index (χ0v) is 13.5. The van der Waals surface area contributed by atoms with Gasteiger partial charge in [-0.2, -0.15) is 0 Å². The zero-order valence-electron chi connectivity index (χ0n) is 10.3. The first-order valence-electron chi connectivity index (χ1n) is 5.66. The van der Waals surface area contributed by atoms with Gasteiger partial charge in [0.1, 0.15) is 6.10 Å². The van der Waals surface area contributed by atoms with Crippen LogP contribution < -0.4 is 0 Å². The second-order valence-corrected chi connectivity index (χ2v) is 6.00. The van der Waals surface area contributed by atoms with Crippen LogP contribution in [0.3, 0.4) is 0 Å². The van der Waals surface area contributed by atoms with Crippen molar-refractivity contribution < 1.29 is 23.8 Å². The van der Waals surface area contributed by atoms with E-state index in [9.17, 15) is 18.7 Å². The molecule has 1 unspecified atom stereocenters. The zero-order chi connectivity index (χ0) is 15.7. The van der Waals surface area contributed by atoms with Gasteiger partial charge in [0.25, 0.3) is 0 Å². The van der Waals surface area contributed by atoms with Gasteiger partial charge in [-0.25, -0.2) is 13.6 Å². The molecule has 2 N–H and O–H groups in total. The van der Waals surface area contributed by atoms with E-state index in [4.69, 9.17) is 5.11 Å². The first-order valence-corrected chi connectivity index (χ1v) is 7.25. The molecule has 0 aliphatic heterocycles. The molecule has 0 spiro atoms. The smallest absolute Gasteiger partial charge is 0.336 e. The van der Waals surface area contributed by atoms with Gasteiger partial charge < -0.3 is 10.2 Å². The van der Waals surface area contributed by atoms with Gasteiger partial charge >= 0.3 is 5.97 Å². The van der Waals surface area contributed by atoms with Gasteiger partial charge in [0.15, 0.2) is 11.6 Å². The lowest BCUT2D eigenvalue weighted by atomic mass is 9.96. The molecule has 7 heteroatoms. The van der Waals surface area contributed by atoms with Crippen LogP contribution in [0.1, 0.15) is 27.6 Å². The minimum absolute atomic E-state index is 0.222. The molecule has 1 atom stereocenters. The maximum absolute atomic E-state index is 13.4. The maximum Gasteiger partial charge on any atom is 0.336 e. The second kappa shape index (κ2) is 6.21. The predicted octanol–water partition coefficient (Wildman–Crippen LogP) is 4.27. The average molecular weight is 422 g/mol. The van der Waals surface area contributed by atoms with Gasteiger partial charge in [-0.15, -0.1) is 0 Å². The van der Waals surface area contributed by atoms with E-state index in [2.05, 4.69) is 31.9 Å². The van der Waals surface area contributed by atoms with E-state index in [1.165, 1.54) is 0 Å². The molecule has 0 aliphatic carbocycles. The molecule has 0 aliphatic rings. The van der Waals surface area contributed by atoms with Crippen molar-refractivity contribution in [3.8, 4) is 0 Å². The van der Waals surface area contributed by atoms with Gasteiger partial charge in [-0.1, -0.05) is 31.9 Å². The van der Waals surface area contributed by atoms with Crippen LogP contribution in [0.5, 0.6) is 0 Å². The van der Waals surface area contributed by atoms with Crippen molar-refractivity contribution in [2.45, 2.75) is 6.10 Å². The third-order valence-electron chi connectivity index (χ3n) is 2.87. The molecule has 0 saturated heterocycles. The summed E-state index contributed by atoms with van der Waals surface area (Å²) < 4.78 is 27.7. The lowest BCUT2D eigenvalue weighted by molar-refractivity contribution is 0.0690. The number of rotatable bonds is 3. The molecule has 0 bridgehead atoms. The molecular weight excluding hydrogens is 414 g/mol. The Balaban J connectivity index is 2.62. The normalized spacial score (nSPS) is 12.2. The van der Waals surface area contributed by atoms with E-state index in [1.807, 2.05) is 0 Å². The van der Waals surface area contributed by atoms with Gasteiger partial charge in [-0.05, 0) is 30.3 Å². The highest BCUT2D eigenvalue weighted by Crippen LogP contribution is 2.33. The highest BCUT2D eigenvalue weighted by molar-refractivity contribution is 9.11. The van der Waals surface area contributed by atoms with E-state index in [1.54, 1.807) is 18.2 Å². The second-order valence-electron chi connectivity index (χ2n) is 4.23. The molecule has 0 radical (unpaired) electrons. The summed E-state index contributed by atoms with van der Waals surface area (Å²) in [7, 11) is 0. The summed E-state index contributed by atoms with van der Waals surface area (Å²) in [5, 5.41) is 19.4. The summed E-state index contributed by atoms with van der Waals surface area (Å²) in [4.78, 5) is 11.2. The lowest BCUT2D eigenvalue weighted by Crippen LogP contribution is -2.10. The maximum atomic E-state index is 13.4. The van der Waals surface area contributed by atoms with Crippen molar-refractivity contribution >= 4 is 37.8 Å². The van der Waals surface area contributed by atoms with Crippen LogP contribution in [0.4, 0.5) is 8.78 Å². The SMILES string of the molecule is O=C(O)c1cc(F)c(F)cc1C(O)c1cc(Br)ccc1Br. The number of carbonyl (C=O) groups is 1. The van der Waals surface area contributed by atoms with E-state index < -0.39 is 29.3 Å².